The molecule has 0 aliphatic carbocycles. The summed E-state index contributed by atoms with van der Waals surface area (Å²) in [5.41, 5.74) is 1.05. The van der Waals surface area contributed by atoms with Crippen LogP contribution in [0.5, 0.6) is 0 Å². The van der Waals surface area contributed by atoms with Crippen LogP contribution in [0.1, 0.15) is 6.92 Å². The van der Waals surface area contributed by atoms with E-state index in [-0.39, 0.29) is 29.5 Å². The van der Waals surface area contributed by atoms with Gasteiger partial charge in [-0.2, -0.15) is 4.57 Å². The van der Waals surface area contributed by atoms with Gasteiger partial charge >= 0.3 is 5.97 Å². The van der Waals surface area contributed by atoms with Crippen LogP contribution in [0.15, 0.2) is 41.4 Å². The number of rotatable bonds is 4. The molecule has 102 valence electrons. The highest BCUT2D eigenvalue weighted by molar-refractivity contribution is 7.98. The first-order valence-corrected chi connectivity index (χ1v) is 7.09. The quantitative estimate of drug-likeness (QED) is 0.423. The molecule has 0 bridgehead atoms. The second-order valence-electron chi connectivity index (χ2n) is 3.83. The molecule has 0 atom stereocenters. The molecule has 0 spiro atoms. The van der Waals surface area contributed by atoms with E-state index in [0.717, 1.165) is 10.9 Å². The van der Waals surface area contributed by atoms with Gasteiger partial charge in [0.1, 0.15) is 0 Å². The van der Waals surface area contributed by atoms with E-state index in [4.69, 9.17) is 4.74 Å². The number of halogens is 1. The number of thioether (sulfide) groups is 1. The Balaban J connectivity index is 0.00000180. The van der Waals surface area contributed by atoms with Gasteiger partial charge in [0, 0.05) is 17.0 Å². The Morgan fingerprint density at radius 1 is 1.32 bits per heavy atom. The number of esters is 1. The van der Waals surface area contributed by atoms with Gasteiger partial charge in [0.2, 0.25) is 12.1 Å². The van der Waals surface area contributed by atoms with Crippen LogP contribution in [0.2, 0.25) is 0 Å². The van der Waals surface area contributed by atoms with Crippen LogP contribution in [0.4, 0.5) is 0 Å². The fourth-order valence-corrected chi connectivity index (χ4v) is 2.51. The van der Waals surface area contributed by atoms with Crippen molar-refractivity contribution in [2.75, 3.05) is 12.9 Å². The van der Waals surface area contributed by atoms with Crippen molar-refractivity contribution in [2.45, 2.75) is 18.4 Å². The first kappa shape index (κ1) is 16.0. The average molecular weight is 342 g/mol. The second-order valence-corrected chi connectivity index (χ2v) is 4.68. The number of carbonyl (C=O) groups excluding carboxylic acids is 1. The van der Waals surface area contributed by atoms with Crippen molar-refractivity contribution in [3.05, 3.63) is 36.5 Å². The average Bonchev–Trinajstić information content (AvgIpc) is 2.39. The van der Waals surface area contributed by atoms with E-state index in [1.165, 1.54) is 4.90 Å². The normalized spacial score (nSPS) is 10.0. The fourth-order valence-electron chi connectivity index (χ4n) is 1.92. The maximum atomic E-state index is 11.6. The summed E-state index contributed by atoms with van der Waals surface area (Å²) in [6, 6.07) is 10.1. The van der Waals surface area contributed by atoms with Gasteiger partial charge in [-0.25, -0.2) is 4.79 Å². The number of hydrogen-bond acceptors (Lipinski definition) is 3. The molecule has 0 amide bonds. The Hall–Kier alpha value is -1.07. The number of pyridine rings is 1. The van der Waals surface area contributed by atoms with E-state index in [1.54, 1.807) is 11.8 Å². The molecule has 0 radical (unpaired) electrons. The molecule has 5 heteroatoms. The van der Waals surface area contributed by atoms with Gasteiger partial charge < -0.3 is 21.7 Å². The molecule has 0 fully saturated rings. The van der Waals surface area contributed by atoms with Gasteiger partial charge in [0.05, 0.1) is 12.0 Å². The van der Waals surface area contributed by atoms with E-state index in [1.807, 2.05) is 42.0 Å². The van der Waals surface area contributed by atoms with Crippen molar-refractivity contribution in [3.8, 4) is 0 Å². The van der Waals surface area contributed by atoms with Crippen LogP contribution in [-0.4, -0.2) is 18.8 Å². The molecular weight excluding hydrogens is 326 g/mol. The molecule has 2 rings (SSSR count). The minimum Gasteiger partial charge on any atom is -1.00 e. The minimum atomic E-state index is -0.204. The van der Waals surface area contributed by atoms with E-state index in [2.05, 4.69) is 12.3 Å². The standard InChI is InChI=1S/C14H16NO2S.BrH/c1-3-17-14(16)10-15-9-8-13(18-2)11-6-4-5-7-12(11)15;/h4-9H,3,10H2,1-2H3;1H/q+1;/p-1. The highest BCUT2D eigenvalue weighted by atomic mass is 79.9. The smallest absolute Gasteiger partial charge is 0.372 e. The molecule has 0 saturated heterocycles. The van der Waals surface area contributed by atoms with Gasteiger partial charge in [-0.05, 0) is 19.2 Å². The zero-order valence-electron chi connectivity index (χ0n) is 10.9. The maximum Gasteiger partial charge on any atom is 0.372 e. The zero-order chi connectivity index (χ0) is 13.0. The van der Waals surface area contributed by atoms with Crippen LogP contribution in [0.25, 0.3) is 10.9 Å². The van der Waals surface area contributed by atoms with Crippen molar-refractivity contribution in [1.29, 1.82) is 0 Å². The molecule has 0 aliphatic heterocycles. The molecule has 19 heavy (non-hydrogen) atoms. The van der Waals surface area contributed by atoms with Crippen LogP contribution in [0, 0.1) is 0 Å². The SMILES string of the molecule is CCOC(=O)C[n+]1ccc(SC)c2ccccc21.[Br-]. The largest absolute Gasteiger partial charge is 1.00 e. The number of para-hydroxylation sites is 1. The highest BCUT2D eigenvalue weighted by Gasteiger charge is 2.15. The van der Waals surface area contributed by atoms with Gasteiger partial charge in [-0.15, -0.1) is 11.8 Å². The Morgan fingerprint density at radius 2 is 2.05 bits per heavy atom. The summed E-state index contributed by atoms with van der Waals surface area (Å²) in [5, 5.41) is 1.16. The van der Waals surface area contributed by atoms with Crippen LogP contribution in [-0.2, 0) is 16.1 Å². The summed E-state index contributed by atoms with van der Waals surface area (Å²) < 4.78 is 6.91. The lowest BCUT2D eigenvalue weighted by Gasteiger charge is -2.04. The van der Waals surface area contributed by atoms with E-state index in [0.29, 0.717) is 6.61 Å². The molecule has 0 unspecified atom stereocenters. The third kappa shape index (κ3) is 3.70. The Bertz CT molecular complexity index is 574. The summed E-state index contributed by atoms with van der Waals surface area (Å²) in [5.74, 6) is -0.204. The van der Waals surface area contributed by atoms with E-state index >= 15 is 0 Å². The fraction of sp³-hybridized carbons (Fsp3) is 0.286. The second kappa shape index (κ2) is 7.50. The first-order valence-electron chi connectivity index (χ1n) is 5.87. The summed E-state index contributed by atoms with van der Waals surface area (Å²) >= 11 is 1.71. The molecule has 1 heterocycles. The van der Waals surface area contributed by atoms with Crippen molar-refractivity contribution in [3.63, 3.8) is 0 Å². The van der Waals surface area contributed by atoms with Gasteiger partial charge in [0.25, 0.3) is 0 Å². The summed E-state index contributed by atoms with van der Waals surface area (Å²) in [6.07, 6.45) is 3.99. The molecule has 0 N–H and O–H groups in total. The number of fused-ring (bicyclic) bond motifs is 1. The number of nitrogens with zero attached hydrogens (tertiary/aromatic N) is 1. The maximum absolute atomic E-state index is 11.6. The topological polar surface area (TPSA) is 30.2 Å². The monoisotopic (exact) mass is 341 g/mol. The molecule has 1 aromatic heterocycles. The Labute approximate surface area is 127 Å². The molecule has 0 aliphatic rings. The molecule has 3 nitrogen and oxygen atoms in total. The summed E-state index contributed by atoms with van der Waals surface area (Å²) in [6.45, 7) is 2.49. The first-order chi connectivity index (χ1) is 8.76. The predicted octanol–water partition coefficient (Wildman–Crippen LogP) is -0.584. The lowest BCUT2D eigenvalue weighted by atomic mass is 10.2. The van der Waals surface area contributed by atoms with Gasteiger partial charge in [-0.1, -0.05) is 12.1 Å². The Morgan fingerprint density at radius 3 is 2.74 bits per heavy atom. The number of hydrogen-bond donors (Lipinski definition) is 0. The molecule has 1 aromatic carbocycles. The van der Waals surface area contributed by atoms with Gasteiger partial charge in [0.15, 0.2) is 6.20 Å². The number of aromatic nitrogens is 1. The number of ether oxygens (including phenoxy) is 1. The lowest BCUT2D eigenvalue weighted by Crippen LogP contribution is -3.00. The van der Waals surface area contributed by atoms with Crippen molar-refractivity contribution in [2.24, 2.45) is 0 Å². The van der Waals surface area contributed by atoms with Crippen molar-refractivity contribution in [1.82, 2.24) is 0 Å². The third-order valence-corrected chi connectivity index (χ3v) is 3.51. The van der Waals surface area contributed by atoms with Crippen molar-refractivity contribution >= 4 is 28.6 Å². The van der Waals surface area contributed by atoms with Crippen LogP contribution in [0.3, 0.4) is 0 Å². The molecular formula is C14H16BrNO2S. The minimum absolute atomic E-state index is 0. The van der Waals surface area contributed by atoms with Crippen LogP contribution < -0.4 is 21.5 Å². The van der Waals surface area contributed by atoms with Gasteiger partial charge in [-0.3, -0.25) is 0 Å². The van der Waals surface area contributed by atoms with Crippen molar-refractivity contribution < 1.29 is 31.1 Å². The highest BCUT2D eigenvalue weighted by Crippen LogP contribution is 2.23. The number of benzene rings is 1. The summed E-state index contributed by atoms with van der Waals surface area (Å²) in [7, 11) is 0. The third-order valence-electron chi connectivity index (χ3n) is 2.71. The van der Waals surface area contributed by atoms with E-state index < -0.39 is 0 Å². The molecule has 2 aromatic rings. The lowest BCUT2D eigenvalue weighted by molar-refractivity contribution is -0.660. The van der Waals surface area contributed by atoms with E-state index in [9.17, 15) is 4.79 Å². The van der Waals surface area contributed by atoms with Crippen LogP contribution >= 0.6 is 11.8 Å². The number of carbonyl (C=O) groups is 1. The Kier molecular flexibility index (Phi) is 6.31. The zero-order valence-corrected chi connectivity index (χ0v) is 13.3. The summed E-state index contributed by atoms with van der Waals surface area (Å²) in [4.78, 5) is 12.8. The molecule has 0 saturated carbocycles. The predicted molar refractivity (Wildman–Crippen MR) is 72.6 cm³/mol.